The molecular formula is C18H21Cl2N5O3S2. The summed E-state index contributed by atoms with van der Waals surface area (Å²) >= 11 is 14.6. The summed E-state index contributed by atoms with van der Waals surface area (Å²) in [6.07, 6.45) is -0.0878. The zero-order chi connectivity index (χ0) is 21.5. The molecule has 12 heteroatoms. The number of hydrogen-bond donors (Lipinski definition) is 3. The van der Waals surface area contributed by atoms with E-state index in [0.717, 1.165) is 18.7 Å². The van der Waals surface area contributed by atoms with E-state index in [1.54, 1.807) is 11.4 Å². The molecule has 0 radical (unpaired) electrons. The van der Waals surface area contributed by atoms with Crippen LogP contribution in [0.25, 0.3) is 0 Å². The molecule has 1 fully saturated rings. The average molecular weight is 490 g/mol. The molecule has 1 saturated heterocycles. The van der Waals surface area contributed by atoms with Crippen molar-refractivity contribution in [3.05, 3.63) is 44.9 Å². The van der Waals surface area contributed by atoms with Crippen LogP contribution in [0.2, 0.25) is 10.0 Å². The standard InChI is InChI=1S/C18H21Cl2N5O3S2/c19-13-2-1-11(5-14(13)20)7-25-3-4-28-12(8-25)6-22-16(26)10-30-18-23-15(9-29-18)17(27)24-21/h1-2,5,9,12H,3-4,6-8,10,21H2,(H,22,26)(H,24,27)/t12-/m0/s1. The van der Waals surface area contributed by atoms with Crippen molar-refractivity contribution < 1.29 is 14.3 Å². The van der Waals surface area contributed by atoms with Crippen molar-refractivity contribution in [3.63, 3.8) is 0 Å². The van der Waals surface area contributed by atoms with Gasteiger partial charge < -0.3 is 10.1 Å². The Bertz CT molecular complexity index is 898. The lowest BCUT2D eigenvalue weighted by Crippen LogP contribution is -2.47. The van der Waals surface area contributed by atoms with Crippen LogP contribution in [0, 0.1) is 0 Å². The van der Waals surface area contributed by atoms with Gasteiger partial charge in [-0.25, -0.2) is 10.8 Å². The van der Waals surface area contributed by atoms with Crippen molar-refractivity contribution >= 4 is 58.1 Å². The Hall–Kier alpha value is -1.40. The van der Waals surface area contributed by atoms with Gasteiger partial charge in [0.05, 0.1) is 28.5 Å². The predicted octanol–water partition coefficient (Wildman–Crippen LogP) is 2.16. The van der Waals surface area contributed by atoms with Crippen LogP contribution in [0.5, 0.6) is 0 Å². The number of benzene rings is 1. The molecule has 8 nitrogen and oxygen atoms in total. The number of carbonyl (C=O) groups is 2. The summed E-state index contributed by atoms with van der Waals surface area (Å²) in [4.78, 5) is 29.9. The third-order valence-corrected chi connectivity index (χ3v) is 7.07. The van der Waals surface area contributed by atoms with Crippen molar-refractivity contribution in [2.45, 2.75) is 17.0 Å². The molecular weight excluding hydrogens is 469 g/mol. The molecule has 1 aromatic heterocycles. The van der Waals surface area contributed by atoms with E-state index < -0.39 is 5.91 Å². The zero-order valence-electron chi connectivity index (χ0n) is 15.9. The molecule has 1 aliphatic rings. The molecule has 0 spiro atoms. The van der Waals surface area contributed by atoms with Crippen molar-refractivity contribution in [1.29, 1.82) is 0 Å². The van der Waals surface area contributed by atoms with Crippen molar-refractivity contribution in [2.75, 3.05) is 32.0 Å². The summed E-state index contributed by atoms with van der Waals surface area (Å²) in [5.74, 6) is 4.71. The molecule has 1 aromatic carbocycles. The van der Waals surface area contributed by atoms with Gasteiger partial charge in [0.2, 0.25) is 5.91 Å². The van der Waals surface area contributed by atoms with Gasteiger partial charge in [-0.3, -0.25) is 19.9 Å². The molecule has 0 saturated carbocycles. The monoisotopic (exact) mass is 489 g/mol. The van der Waals surface area contributed by atoms with Crippen molar-refractivity contribution in [1.82, 2.24) is 20.6 Å². The van der Waals surface area contributed by atoms with E-state index in [2.05, 4.69) is 15.2 Å². The lowest BCUT2D eigenvalue weighted by Gasteiger charge is -2.33. The van der Waals surface area contributed by atoms with Crippen LogP contribution < -0.4 is 16.6 Å². The number of hydrazine groups is 1. The van der Waals surface area contributed by atoms with Crippen LogP contribution in [0.3, 0.4) is 0 Å². The first-order valence-corrected chi connectivity index (χ1v) is 11.7. The Morgan fingerprint density at radius 2 is 2.20 bits per heavy atom. The van der Waals surface area contributed by atoms with E-state index in [1.165, 1.54) is 23.1 Å². The first-order valence-electron chi connectivity index (χ1n) is 9.08. The van der Waals surface area contributed by atoms with E-state index in [0.29, 0.717) is 34.1 Å². The van der Waals surface area contributed by atoms with E-state index in [1.807, 2.05) is 17.6 Å². The fourth-order valence-electron chi connectivity index (χ4n) is 2.85. The topological polar surface area (TPSA) is 110 Å². The Labute approximate surface area is 192 Å². The van der Waals surface area contributed by atoms with Gasteiger partial charge >= 0.3 is 0 Å². The van der Waals surface area contributed by atoms with Crippen molar-refractivity contribution in [2.24, 2.45) is 5.84 Å². The minimum atomic E-state index is -0.456. The van der Waals surface area contributed by atoms with E-state index >= 15 is 0 Å². The molecule has 2 aromatic rings. The maximum absolute atomic E-state index is 12.1. The number of carbonyl (C=O) groups excluding carboxylic acids is 2. The maximum atomic E-state index is 12.1. The predicted molar refractivity (Wildman–Crippen MR) is 119 cm³/mol. The number of hydrogen-bond acceptors (Lipinski definition) is 8. The van der Waals surface area contributed by atoms with E-state index in [-0.39, 0.29) is 23.5 Å². The van der Waals surface area contributed by atoms with Gasteiger partial charge in [0.15, 0.2) is 4.34 Å². The highest BCUT2D eigenvalue weighted by molar-refractivity contribution is 8.01. The van der Waals surface area contributed by atoms with Crippen LogP contribution in [0.4, 0.5) is 0 Å². The molecule has 3 rings (SSSR count). The van der Waals surface area contributed by atoms with Gasteiger partial charge in [0, 0.05) is 31.6 Å². The number of rotatable bonds is 8. The minimum Gasteiger partial charge on any atom is -0.374 e. The van der Waals surface area contributed by atoms with Crippen LogP contribution in [-0.4, -0.2) is 59.8 Å². The summed E-state index contributed by atoms with van der Waals surface area (Å²) in [7, 11) is 0. The number of aromatic nitrogens is 1. The molecule has 162 valence electrons. The Morgan fingerprint density at radius 3 is 2.97 bits per heavy atom. The van der Waals surface area contributed by atoms with E-state index in [4.69, 9.17) is 33.8 Å². The number of morpholine rings is 1. The molecule has 0 aliphatic carbocycles. The summed E-state index contributed by atoms with van der Waals surface area (Å²) < 4.78 is 6.40. The van der Waals surface area contributed by atoms with Crippen LogP contribution in [0.15, 0.2) is 27.9 Å². The van der Waals surface area contributed by atoms with Crippen LogP contribution in [-0.2, 0) is 16.1 Å². The number of halogens is 2. The molecule has 2 amide bonds. The number of thiazole rings is 1. The first kappa shape index (κ1) is 23.3. The maximum Gasteiger partial charge on any atom is 0.284 e. The third kappa shape index (κ3) is 6.81. The second kappa shape index (κ2) is 11.3. The second-order valence-electron chi connectivity index (χ2n) is 6.54. The normalized spacial score (nSPS) is 17.0. The van der Waals surface area contributed by atoms with E-state index in [9.17, 15) is 9.59 Å². The quantitative estimate of drug-likeness (QED) is 0.225. The highest BCUT2D eigenvalue weighted by atomic mass is 35.5. The lowest BCUT2D eigenvalue weighted by molar-refractivity contribution is -0.119. The fourth-order valence-corrected chi connectivity index (χ4v) is 4.81. The largest absolute Gasteiger partial charge is 0.374 e. The third-order valence-electron chi connectivity index (χ3n) is 4.31. The average Bonchev–Trinajstić information content (AvgIpc) is 3.22. The summed E-state index contributed by atoms with van der Waals surface area (Å²) in [5, 5.41) is 5.57. The summed E-state index contributed by atoms with van der Waals surface area (Å²) in [6, 6.07) is 5.62. The molecule has 0 bridgehead atoms. The number of nitrogen functional groups attached to an aromatic ring is 1. The molecule has 1 atom stereocenters. The number of ether oxygens (including phenoxy) is 1. The van der Waals surface area contributed by atoms with Gasteiger partial charge in [-0.1, -0.05) is 41.0 Å². The van der Waals surface area contributed by atoms with Crippen LogP contribution in [0.1, 0.15) is 16.1 Å². The summed E-state index contributed by atoms with van der Waals surface area (Å²) in [6.45, 7) is 3.28. The number of thioether (sulfide) groups is 1. The Kier molecular flexibility index (Phi) is 8.75. The minimum absolute atomic E-state index is 0.0878. The number of nitrogens with two attached hydrogens (primary N) is 1. The zero-order valence-corrected chi connectivity index (χ0v) is 19.0. The number of amides is 2. The Balaban J connectivity index is 1.40. The number of nitrogens with one attached hydrogen (secondary N) is 2. The van der Waals surface area contributed by atoms with Crippen LogP contribution >= 0.6 is 46.3 Å². The van der Waals surface area contributed by atoms with Gasteiger partial charge in [-0.2, -0.15) is 0 Å². The van der Waals surface area contributed by atoms with Crippen molar-refractivity contribution in [3.8, 4) is 0 Å². The molecule has 4 N–H and O–H groups in total. The lowest BCUT2D eigenvalue weighted by atomic mass is 10.2. The molecule has 1 aliphatic heterocycles. The fraction of sp³-hybridized carbons (Fsp3) is 0.389. The van der Waals surface area contributed by atoms with Gasteiger partial charge in [0.1, 0.15) is 5.69 Å². The van der Waals surface area contributed by atoms with Gasteiger partial charge in [0.25, 0.3) is 5.91 Å². The first-order chi connectivity index (χ1) is 14.4. The second-order valence-corrected chi connectivity index (χ2v) is 9.44. The number of nitrogens with zero attached hydrogens (tertiary/aromatic N) is 2. The van der Waals surface area contributed by atoms with Gasteiger partial charge in [-0.15, -0.1) is 11.3 Å². The molecule has 2 heterocycles. The molecule has 30 heavy (non-hydrogen) atoms. The SMILES string of the molecule is NNC(=O)c1csc(SCC(=O)NC[C@H]2CN(Cc3ccc(Cl)c(Cl)c3)CCO2)n1. The smallest absolute Gasteiger partial charge is 0.284 e. The highest BCUT2D eigenvalue weighted by Crippen LogP contribution is 2.24. The van der Waals surface area contributed by atoms with Gasteiger partial charge in [-0.05, 0) is 17.7 Å². The highest BCUT2D eigenvalue weighted by Gasteiger charge is 2.21. The Morgan fingerprint density at radius 1 is 1.37 bits per heavy atom. The molecule has 0 unspecified atom stereocenters. The summed E-state index contributed by atoms with van der Waals surface area (Å²) in [5.41, 5.74) is 3.35.